The van der Waals surface area contributed by atoms with Crippen LogP contribution in [0.3, 0.4) is 0 Å². The molecule has 0 amide bonds. The third-order valence-electron chi connectivity index (χ3n) is 4.25. The zero-order valence-corrected chi connectivity index (χ0v) is 16.0. The summed E-state index contributed by atoms with van der Waals surface area (Å²) in [5, 5.41) is 0. The van der Waals surface area contributed by atoms with Gasteiger partial charge in [-0.1, -0.05) is 6.07 Å². The number of rotatable bonds is 6. The minimum Gasteiger partial charge on any atom is -0.490 e. The maximum Gasteiger partial charge on any atom is 0.261 e. The largest absolute Gasteiger partial charge is 0.490 e. The van der Waals surface area contributed by atoms with Crippen molar-refractivity contribution in [1.82, 2.24) is 0 Å². The van der Waals surface area contributed by atoms with E-state index in [1.54, 1.807) is 24.3 Å². The molecule has 26 heavy (non-hydrogen) atoms. The molecule has 3 rings (SSSR count). The van der Waals surface area contributed by atoms with Crippen molar-refractivity contribution in [2.24, 2.45) is 0 Å². The molecule has 0 saturated heterocycles. The highest BCUT2D eigenvalue weighted by atomic mass is 32.2. The summed E-state index contributed by atoms with van der Waals surface area (Å²) in [7, 11) is -7.19. The third-order valence-corrected chi connectivity index (χ3v) is 6.78. The van der Waals surface area contributed by atoms with E-state index in [2.05, 4.69) is 4.72 Å². The summed E-state index contributed by atoms with van der Waals surface area (Å²) in [6.45, 7) is 0. The molecule has 0 bridgehead atoms. The molecule has 0 unspecified atom stereocenters. The number of hydrogen-bond donors (Lipinski definition) is 1. The van der Waals surface area contributed by atoms with E-state index in [1.807, 2.05) is 0 Å². The second-order valence-electron chi connectivity index (χ2n) is 6.40. The van der Waals surface area contributed by atoms with Crippen LogP contribution in [0.2, 0.25) is 0 Å². The van der Waals surface area contributed by atoms with E-state index in [1.165, 1.54) is 24.3 Å². The van der Waals surface area contributed by atoms with E-state index >= 15 is 0 Å². The van der Waals surface area contributed by atoms with Gasteiger partial charge in [-0.3, -0.25) is 4.72 Å². The lowest BCUT2D eigenvalue weighted by atomic mass is 10.3. The van der Waals surface area contributed by atoms with Crippen LogP contribution in [-0.4, -0.2) is 29.2 Å². The normalized spacial score (nSPS) is 15.7. The minimum atomic E-state index is -3.82. The first-order chi connectivity index (χ1) is 12.2. The van der Waals surface area contributed by atoms with Crippen molar-refractivity contribution in [3.8, 4) is 5.75 Å². The Kier molecular flexibility index (Phi) is 5.24. The molecule has 0 aromatic heterocycles. The molecule has 8 heteroatoms. The Labute approximate surface area is 154 Å². The second kappa shape index (κ2) is 7.28. The Morgan fingerprint density at radius 1 is 0.923 bits per heavy atom. The molecule has 1 fully saturated rings. The first kappa shape index (κ1) is 18.7. The van der Waals surface area contributed by atoms with Crippen molar-refractivity contribution in [2.75, 3.05) is 11.0 Å². The SMILES string of the molecule is CS(=O)(=O)c1ccc(S(=O)(=O)Nc2cccc(OC3CCCC3)c2)cc1. The van der Waals surface area contributed by atoms with Gasteiger partial charge in [0.25, 0.3) is 10.0 Å². The van der Waals surface area contributed by atoms with Gasteiger partial charge in [0, 0.05) is 12.3 Å². The van der Waals surface area contributed by atoms with Gasteiger partial charge in [0.2, 0.25) is 0 Å². The van der Waals surface area contributed by atoms with Crippen LogP contribution >= 0.6 is 0 Å². The minimum absolute atomic E-state index is 0.00739. The highest BCUT2D eigenvalue weighted by Gasteiger charge is 2.18. The molecule has 0 aliphatic heterocycles. The van der Waals surface area contributed by atoms with Crippen molar-refractivity contribution in [1.29, 1.82) is 0 Å². The smallest absolute Gasteiger partial charge is 0.261 e. The summed E-state index contributed by atoms with van der Waals surface area (Å²) in [4.78, 5) is 0.0652. The second-order valence-corrected chi connectivity index (χ2v) is 10.1. The zero-order valence-electron chi connectivity index (χ0n) is 14.4. The van der Waals surface area contributed by atoms with E-state index < -0.39 is 19.9 Å². The zero-order chi connectivity index (χ0) is 18.8. The number of nitrogens with one attached hydrogen (secondary N) is 1. The van der Waals surface area contributed by atoms with Gasteiger partial charge in [-0.25, -0.2) is 16.8 Å². The third kappa shape index (κ3) is 4.56. The average molecular weight is 396 g/mol. The fraction of sp³-hybridized carbons (Fsp3) is 0.333. The van der Waals surface area contributed by atoms with Gasteiger partial charge < -0.3 is 4.74 Å². The predicted molar refractivity (Wildman–Crippen MR) is 99.7 cm³/mol. The summed E-state index contributed by atoms with van der Waals surface area (Å²) in [5.41, 5.74) is 0.396. The van der Waals surface area contributed by atoms with E-state index in [4.69, 9.17) is 4.74 Å². The standard InChI is InChI=1S/C18H21NO5S2/c1-25(20,21)17-9-11-18(12-10-17)26(22,23)19-14-5-4-8-16(13-14)24-15-6-2-3-7-15/h4-5,8-13,15,19H,2-3,6-7H2,1H3. The molecule has 2 aromatic carbocycles. The fourth-order valence-electron chi connectivity index (χ4n) is 2.91. The van der Waals surface area contributed by atoms with Crippen LogP contribution in [0.4, 0.5) is 5.69 Å². The molecular formula is C18H21NO5S2. The number of benzene rings is 2. The van der Waals surface area contributed by atoms with Gasteiger partial charge in [0.1, 0.15) is 5.75 Å². The molecule has 1 aliphatic rings. The maximum absolute atomic E-state index is 12.5. The van der Waals surface area contributed by atoms with E-state index in [0.717, 1.165) is 31.9 Å². The highest BCUT2D eigenvalue weighted by molar-refractivity contribution is 7.92. The van der Waals surface area contributed by atoms with Gasteiger partial charge >= 0.3 is 0 Å². The predicted octanol–water partition coefficient (Wildman–Crippen LogP) is 3.21. The molecule has 1 N–H and O–H groups in total. The van der Waals surface area contributed by atoms with Crippen LogP contribution in [0, 0.1) is 0 Å². The molecule has 1 saturated carbocycles. The molecule has 140 valence electrons. The summed E-state index contributed by atoms with van der Waals surface area (Å²) >= 11 is 0. The molecule has 6 nitrogen and oxygen atoms in total. The number of sulfone groups is 1. The lowest BCUT2D eigenvalue weighted by Crippen LogP contribution is -2.14. The highest BCUT2D eigenvalue weighted by Crippen LogP contribution is 2.27. The van der Waals surface area contributed by atoms with Crippen molar-refractivity contribution >= 4 is 25.5 Å². The van der Waals surface area contributed by atoms with Crippen LogP contribution in [0.1, 0.15) is 25.7 Å². The van der Waals surface area contributed by atoms with Gasteiger partial charge in [-0.2, -0.15) is 0 Å². The Balaban J connectivity index is 1.76. The number of anilines is 1. The molecule has 1 aliphatic carbocycles. The van der Waals surface area contributed by atoms with Crippen molar-refractivity contribution < 1.29 is 21.6 Å². The topological polar surface area (TPSA) is 89.5 Å². The van der Waals surface area contributed by atoms with Gasteiger partial charge in [-0.05, 0) is 62.1 Å². The van der Waals surface area contributed by atoms with E-state index in [9.17, 15) is 16.8 Å². The Hall–Kier alpha value is -2.06. The van der Waals surface area contributed by atoms with Crippen molar-refractivity contribution in [3.63, 3.8) is 0 Å². The summed E-state index contributed by atoms with van der Waals surface area (Å²) < 4.78 is 56.4. The molecule has 2 aromatic rings. The van der Waals surface area contributed by atoms with Crippen LogP contribution in [-0.2, 0) is 19.9 Å². The Morgan fingerprint density at radius 3 is 2.15 bits per heavy atom. The lowest BCUT2D eigenvalue weighted by molar-refractivity contribution is 0.210. The fourth-order valence-corrected chi connectivity index (χ4v) is 4.59. The quantitative estimate of drug-likeness (QED) is 0.811. The van der Waals surface area contributed by atoms with Crippen LogP contribution in [0.5, 0.6) is 5.75 Å². The van der Waals surface area contributed by atoms with Crippen LogP contribution in [0.15, 0.2) is 58.3 Å². The van der Waals surface area contributed by atoms with E-state index in [-0.39, 0.29) is 15.9 Å². The Bertz CT molecular complexity index is 976. The van der Waals surface area contributed by atoms with Crippen molar-refractivity contribution in [2.45, 2.75) is 41.6 Å². The van der Waals surface area contributed by atoms with Gasteiger partial charge in [0.05, 0.1) is 21.6 Å². The van der Waals surface area contributed by atoms with Gasteiger partial charge in [-0.15, -0.1) is 0 Å². The number of sulfonamides is 1. The Morgan fingerprint density at radius 2 is 1.54 bits per heavy atom. The molecular weight excluding hydrogens is 374 g/mol. The number of ether oxygens (including phenoxy) is 1. The summed E-state index contributed by atoms with van der Waals surface area (Å²) in [6.07, 6.45) is 5.60. The molecule has 0 radical (unpaired) electrons. The molecule has 0 spiro atoms. The van der Waals surface area contributed by atoms with Crippen LogP contribution in [0.25, 0.3) is 0 Å². The van der Waals surface area contributed by atoms with E-state index in [0.29, 0.717) is 11.4 Å². The summed E-state index contributed by atoms with van der Waals surface area (Å²) in [5.74, 6) is 0.629. The summed E-state index contributed by atoms with van der Waals surface area (Å²) in [6, 6.07) is 11.9. The first-order valence-electron chi connectivity index (χ1n) is 8.34. The van der Waals surface area contributed by atoms with Crippen LogP contribution < -0.4 is 9.46 Å². The van der Waals surface area contributed by atoms with Gasteiger partial charge in [0.15, 0.2) is 9.84 Å². The lowest BCUT2D eigenvalue weighted by Gasteiger charge is -2.14. The monoisotopic (exact) mass is 395 g/mol. The molecule has 0 atom stereocenters. The maximum atomic E-state index is 12.5. The average Bonchev–Trinajstić information content (AvgIpc) is 3.07. The molecule has 0 heterocycles. The van der Waals surface area contributed by atoms with Crippen molar-refractivity contribution in [3.05, 3.63) is 48.5 Å². The number of hydrogen-bond acceptors (Lipinski definition) is 5. The first-order valence-corrected chi connectivity index (χ1v) is 11.7.